The molecule has 0 radical (unpaired) electrons. The molecule has 0 saturated heterocycles. The molecule has 0 aliphatic heterocycles. The van der Waals surface area contributed by atoms with E-state index in [1.54, 1.807) is 12.1 Å². The van der Waals surface area contributed by atoms with Crippen LogP contribution in [0.25, 0.3) is 0 Å². The van der Waals surface area contributed by atoms with E-state index in [4.69, 9.17) is 0 Å². The van der Waals surface area contributed by atoms with E-state index in [2.05, 4.69) is 21.2 Å². The highest BCUT2D eigenvalue weighted by Crippen LogP contribution is 2.17. The van der Waals surface area contributed by atoms with Crippen LogP contribution in [-0.4, -0.2) is 11.7 Å². The van der Waals surface area contributed by atoms with Crippen molar-refractivity contribution in [2.75, 3.05) is 5.75 Å². The van der Waals surface area contributed by atoms with Crippen LogP contribution in [0.3, 0.4) is 0 Å². The van der Waals surface area contributed by atoms with Crippen molar-refractivity contribution < 1.29 is 9.18 Å². The Morgan fingerprint density at radius 3 is 2.65 bits per heavy atom. The monoisotopic (exact) mass is 353 g/mol. The van der Waals surface area contributed by atoms with Crippen molar-refractivity contribution in [1.82, 2.24) is 5.32 Å². The predicted molar refractivity (Wildman–Crippen MR) is 83.1 cm³/mol. The zero-order valence-corrected chi connectivity index (χ0v) is 13.0. The molecule has 104 valence electrons. The van der Waals surface area contributed by atoms with Crippen molar-refractivity contribution in [3.63, 3.8) is 0 Å². The number of hydrogen-bond acceptors (Lipinski definition) is 2. The van der Waals surface area contributed by atoms with Crippen LogP contribution in [-0.2, 0) is 11.3 Å². The molecule has 0 bridgehead atoms. The summed E-state index contributed by atoms with van der Waals surface area (Å²) in [5, 5.41) is 2.71. The van der Waals surface area contributed by atoms with Crippen LogP contribution in [0.5, 0.6) is 0 Å². The zero-order chi connectivity index (χ0) is 14.4. The van der Waals surface area contributed by atoms with E-state index in [9.17, 15) is 9.18 Å². The molecule has 0 spiro atoms. The minimum Gasteiger partial charge on any atom is -0.351 e. The van der Waals surface area contributed by atoms with Crippen LogP contribution in [0.4, 0.5) is 4.39 Å². The number of amides is 1. The van der Waals surface area contributed by atoms with E-state index in [1.807, 2.05) is 30.3 Å². The molecular formula is C15H13BrFNOS. The molecule has 2 aromatic carbocycles. The van der Waals surface area contributed by atoms with Gasteiger partial charge in [0.05, 0.1) is 5.75 Å². The Hall–Kier alpha value is -1.33. The van der Waals surface area contributed by atoms with Gasteiger partial charge in [-0.25, -0.2) is 4.39 Å². The Morgan fingerprint density at radius 1 is 1.20 bits per heavy atom. The van der Waals surface area contributed by atoms with Gasteiger partial charge < -0.3 is 5.32 Å². The molecule has 0 heterocycles. The van der Waals surface area contributed by atoms with E-state index < -0.39 is 0 Å². The van der Waals surface area contributed by atoms with Gasteiger partial charge in [0, 0.05) is 21.5 Å². The van der Waals surface area contributed by atoms with Gasteiger partial charge in [-0.05, 0) is 24.3 Å². The van der Waals surface area contributed by atoms with E-state index in [0.29, 0.717) is 15.8 Å². The minimum atomic E-state index is -0.324. The smallest absolute Gasteiger partial charge is 0.230 e. The fourth-order valence-corrected chi connectivity index (χ4v) is 2.66. The van der Waals surface area contributed by atoms with Gasteiger partial charge in [-0.2, -0.15) is 0 Å². The highest BCUT2D eigenvalue weighted by atomic mass is 79.9. The molecule has 0 atom stereocenters. The maximum atomic E-state index is 13.6. The summed E-state index contributed by atoms with van der Waals surface area (Å²) >= 11 is 4.65. The lowest BCUT2D eigenvalue weighted by molar-refractivity contribution is -0.118. The highest BCUT2D eigenvalue weighted by molar-refractivity contribution is 9.10. The minimum absolute atomic E-state index is 0.110. The summed E-state index contributed by atoms with van der Waals surface area (Å²) in [4.78, 5) is 12.7. The Kier molecular flexibility index (Phi) is 5.61. The molecule has 0 aliphatic rings. The van der Waals surface area contributed by atoms with Crippen molar-refractivity contribution in [2.24, 2.45) is 0 Å². The number of rotatable bonds is 5. The molecular weight excluding hydrogens is 341 g/mol. The third-order valence-electron chi connectivity index (χ3n) is 2.60. The highest BCUT2D eigenvalue weighted by Gasteiger charge is 2.06. The van der Waals surface area contributed by atoms with Crippen LogP contribution in [0.1, 0.15) is 5.56 Å². The van der Waals surface area contributed by atoms with Gasteiger partial charge in [0.25, 0.3) is 0 Å². The molecule has 0 saturated carbocycles. The molecule has 0 unspecified atom stereocenters. The van der Waals surface area contributed by atoms with Crippen LogP contribution in [0, 0.1) is 5.82 Å². The first-order valence-electron chi connectivity index (χ1n) is 6.03. The standard InChI is InChI=1S/C15H13BrFNOS/c16-12-7-6-11(14(17)8-12)9-18-15(19)10-20-13-4-2-1-3-5-13/h1-8H,9-10H2,(H,18,19). The lowest BCUT2D eigenvalue weighted by Gasteiger charge is -2.06. The average molecular weight is 354 g/mol. The molecule has 2 aromatic rings. The third-order valence-corrected chi connectivity index (χ3v) is 4.11. The van der Waals surface area contributed by atoms with Gasteiger partial charge in [-0.15, -0.1) is 11.8 Å². The number of benzene rings is 2. The molecule has 1 amide bonds. The summed E-state index contributed by atoms with van der Waals surface area (Å²) in [7, 11) is 0. The molecule has 2 rings (SSSR count). The molecule has 0 aliphatic carbocycles. The number of thioether (sulfide) groups is 1. The SMILES string of the molecule is O=C(CSc1ccccc1)NCc1ccc(Br)cc1F. The summed E-state index contributed by atoms with van der Waals surface area (Å²) in [5.74, 6) is -0.112. The van der Waals surface area contributed by atoms with Gasteiger partial charge >= 0.3 is 0 Å². The van der Waals surface area contributed by atoms with Gasteiger partial charge in [0.15, 0.2) is 0 Å². The first-order valence-corrected chi connectivity index (χ1v) is 7.81. The summed E-state index contributed by atoms with van der Waals surface area (Å²) in [5.41, 5.74) is 0.478. The molecule has 2 nitrogen and oxygen atoms in total. The quantitative estimate of drug-likeness (QED) is 0.823. The molecule has 20 heavy (non-hydrogen) atoms. The van der Waals surface area contributed by atoms with E-state index in [-0.39, 0.29) is 18.3 Å². The average Bonchev–Trinajstić information content (AvgIpc) is 2.45. The molecule has 1 N–H and O–H groups in total. The van der Waals surface area contributed by atoms with Crippen molar-refractivity contribution >= 4 is 33.6 Å². The lowest BCUT2D eigenvalue weighted by Crippen LogP contribution is -2.25. The number of nitrogens with one attached hydrogen (secondary N) is 1. The Morgan fingerprint density at radius 2 is 1.95 bits per heavy atom. The Bertz CT molecular complexity index is 592. The molecule has 0 fully saturated rings. The van der Waals surface area contributed by atoms with Crippen molar-refractivity contribution in [1.29, 1.82) is 0 Å². The second-order valence-corrected chi connectivity index (χ2v) is 6.08. The number of carbonyl (C=O) groups excluding carboxylic acids is 1. The number of halogens is 2. The van der Waals surface area contributed by atoms with Crippen molar-refractivity contribution in [2.45, 2.75) is 11.4 Å². The fourth-order valence-electron chi connectivity index (χ4n) is 1.58. The largest absolute Gasteiger partial charge is 0.351 e. The zero-order valence-electron chi connectivity index (χ0n) is 10.6. The molecule has 5 heteroatoms. The number of hydrogen-bond donors (Lipinski definition) is 1. The summed E-state index contributed by atoms with van der Waals surface area (Å²) in [6.45, 7) is 0.202. The van der Waals surface area contributed by atoms with E-state index in [1.165, 1.54) is 17.8 Å². The van der Waals surface area contributed by atoms with Crippen molar-refractivity contribution in [3.8, 4) is 0 Å². The first-order chi connectivity index (χ1) is 9.65. The normalized spacial score (nSPS) is 10.3. The topological polar surface area (TPSA) is 29.1 Å². The van der Waals surface area contributed by atoms with Gasteiger partial charge in [-0.3, -0.25) is 4.79 Å². The van der Waals surface area contributed by atoms with Crippen LogP contribution in [0.15, 0.2) is 57.9 Å². The van der Waals surface area contributed by atoms with Crippen LogP contribution >= 0.6 is 27.7 Å². The van der Waals surface area contributed by atoms with E-state index >= 15 is 0 Å². The van der Waals surface area contributed by atoms with Gasteiger partial charge in [-0.1, -0.05) is 40.2 Å². The number of carbonyl (C=O) groups is 1. The maximum absolute atomic E-state index is 13.6. The van der Waals surface area contributed by atoms with E-state index in [0.717, 1.165) is 4.90 Å². The Labute approximate surface area is 129 Å². The second kappa shape index (κ2) is 7.45. The van der Waals surface area contributed by atoms with Crippen molar-refractivity contribution in [3.05, 3.63) is 64.4 Å². The lowest BCUT2D eigenvalue weighted by atomic mass is 10.2. The van der Waals surface area contributed by atoms with Gasteiger partial charge in [0.1, 0.15) is 5.82 Å². The Balaban J connectivity index is 1.80. The first kappa shape index (κ1) is 15.1. The summed E-state index contributed by atoms with van der Waals surface area (Å²) in [6, 6.07) is 14.5. The maximum Gasteiger partial charge on any atom is 0.230 e. The summed E-state index contributed by atoms with van der Waals surface area (Å²) < 4.78 is 14.3. The summed E-state index contributed by atoms with van der Waals surface area (Å²) in [6.07, 6.45) is 0. The second-order valence-electron chi connectivity index (χ2n) is 4.11. The predicted octanol–water partition coefficient (Wildman–Crippen LogP) is 4.00. The third kappa shape index (κ3) is 4.65. The van der Waals surface area contributed by atoms with Crippen LogP contribution < -0.4 is 5.32 Å². The fraction of sp³-hybridized carbons (Fsp3) is 0.133. The molecule has 0 aromatic heterocycles. The van der Waals surface area contributed by atoms with Gasteiger partial charge in [0.2, 0.25) is 5.91 Å². The van der Waals surface area contributed by atoms with Crippen LogP contribution in [0.2, 0.25) is 0 Å².